The third-order valence-electron chi connectivity index (χ3n) is 2.98. The number of hydrogen-bond acceptors (Lipinski definition) is 4. The number of nitrogens with zero attached hydrogens (tertiary/aromatic N) is 1. The molecule has 0 fully saturated rings. The van der Waals surface area contributed by atoms with Crippen LogP contribution in [0.3, 0.4) is 0 Å². The number of anilines is 1. The molecule has 2 rings (SSSR count). The van der Waals surface area contributed by atoms with Crippen LogP contribution in [-0.4, -0.2) is 4.92 Å². The first-order valence-corrected chi connectivity index (χ1v) is 7.10. The first-order chi connectivity index (χ1) is 9.47. The van der Waals surface area contributed by atoms with E-state index in [1.54, 1.807) is 6.07 Å². The molecule has 0 saturated carbocycles. The molecule has 0 atom stereocenters. The lowest BCUT2D eigenvalue weighted by atomic mass is 10.0. The van der Waals surface area contributed by atoms with E-state index < -0.39 is 4.92 Å². The Labute approximate surface area is 122 Å². The van der Waals surface area contributed by atoms with Gasteiger partial charge in [0.25, 0.3) is 5.69 Å². The summed E-state index contributed by atoms with van der Waals surface area (Å²) in [6.07, 6.45) is 0. The van der Waals surface area contributed by atoms with Gasteiger partial charge in [-0.25, -0.2) is 0 Å². The number of nitro benzene ring substituents is 1. The molecule has 4 nitrogen and oxygen atoms in total. The maximum atomic E-state index is 10.7. The maximum Gasteiger partial charge on any atom is 0.271 e. The molecule has 5 heteroatoms. The van der Waals surface area contributed by atoms with Crippen molar-refractivity contribution in [3.63, 3.8) is 0 Å². The van der Waals surface area contributed by atoms with Gasteiger partial charge in [-0.05, 0) is 29.7 Å². The van der Waals surface area contributed by atoms with Crippen LogP contribution in [0.25, 0.3) is 0 Å². The number of nitrogen functional groups attached to an aromatic ring is 1. The molecule has 0 saturated heterocycles. The van der Waals surface area contributed by atoms with Gasteiger partial charge in [-0.15, -0.1) is 0 Å². The van der Waals surface area contributed by atoms with Crippen molar-refractivity contribution >= 4 is 23.1 Å². The molecule has 0 spiro atoms. The molecular weight excluding hydrogens is 272 g/mol. The van der Waals surface area contributed by atoms with Gasteiger partial charge in [0.2, 0.25) is 0 Å². The van der Waals surface area contributed by atoms with Crippen LogP contribution < -0.4 is 5.73 Å². The SMILES string of the molecule is CC(C)c1ccc(Sc2ccc([N+](=O)[O-])cc2N)cc1. The van der Waals surface area contributed by atoms with Crippen LogP contribution >= 0.6 is 11.8 Å². The van der Waals surface area contributed by atoms with E-state index in [1.807, 2.05) is 12.1 Å². The summed E-state index contributed by atoms with van der Waals surface area (Å²) in [7, 11) is 0. The zero-order valence-corrected chi connectivity index (χ0v) is 12.2. The number of non-ortho nitro benzene ring substituents is 1. The molecule has 2 aromatic carbocycles. The molecule has 0 aliphatic heterocycles. The van der Waals surface area contributed by atoms with Crippen molar-refractivity contribution in [1.82, 2.24) is 0 Å². The molecule has 104 valence electrons. The van der Waals surface area contributed by atoms with Gasteiger partial charge >= 0.3 is 0 Å². The van der Waals surface area contributed by atoms with Crippen LogP contribution in [0, 0.1) is 10.1 Å². The van der Waals surface area contributed by atoms with Gasteiger partial charge in [-0.3, -0.25) is 10.1 Å². The summed E-state index contributed by atoms with van der Waals surface area (Å²) in [5, 5.41) is 10.7. The summed E-state index contributed by atoms with van der Waals surface area (Å²) in [4.78, 5) is 12.1. The fourth-order valence-electron chi connectivity index (χ4n) is 1.79. The topological polar surface area (TPSA) is 69.2 Å². The van der Waals surface area contributed by atoms with Crippen molar-refractivity contribution in [2.75, 3.05) is 5.73 Å². The van der Waals surface area contributed by atoms with Gasteiger partial charge in [0.1, 0.15) is 0 Å². The van der Waals surface area contributed by atoms with E-state index >= 15 is 0 Å². The Hall–Kier alpha value is -2.01. The van der Waals surface area contributed by atoms with E-state index in [-0.39, 0.29) is 5.69 Å². The lowest BCUT2D eigenvalue weighted by molar-refractivity contribution is -0.384. The number of benzene rings is 2. The maximum absolute atomic E-state index is 10.7. The summed E-state index contributed by atoms with van der Waals surface area (Å²) in [6, 6.07) is 12.8. The Balaban J connectivity index is 2.19. The predicted octanol–water partition coefficient (Wildman–Crippen LogP) is 4.45. The second kappa shape index (κ2) is 5.96. The van der Waals surface area contributed by atoms with Gasteiger partial charge in [0.15, 0.2) is 0 Å². The quantitative estimate of drug-likeness (QED) is 0.512. The Kier molecular flexibility index (Phi) is 4.29. The molecule has 0 amide bonds. The van der Waals surface area contributed by atoms with Crippen LogP contribution in [0.4, 0.5) is 11.4 Å². The van der Waals surface area contributed by atoms with Gasteiger partial charge in [-0.1, -0.05) is 37.7 Å². The minimum absolute atomic E-state index is 0.0157. The standard InChI is InChI=1S/C15H16N2O2S/c1-10(2)11-3-6-13(7-4-11)20-15-8-5-12(17(18)19)9-14(15)16/h3-10H,16H2,1-2H3. The van der Waals surface area contributed by atoms with Gasteiger partial charge in [0.05, 0.1) is 10.6 Å². The fourth-order valence-corrected chi connectivity index (χ4v) is 2.63. The Morgan fingerprint density at radius 1 is 1.15 bits per heavy atom. The minimum atomic E-state index is -0.442. The molecule has 20 heavy (non-hydrogen) atoms. The molecule has 0 heterocycles. The Morgan fingerprint density at radius 2 is 1.80 bits per heavy atom. The zero-order chi connectivity index (χ0) is 14.7. The van der Waals surface area contributed by atoms with E-state index in [2.05, 4.69) is 26.0 Å². The summed E-state index contributed by atoms with van der Waals surface area (Å²) in [5.41, 5.74) is 7.59. The summed E-state index contributed by atoms with van der Waals surface area (Å²) in [5.74, 6) is 0.499. The number of hydrogen-bond donors (Lipinski definition) is 1. The van der Waals surface area contributed by atoms with Crippen LogP contribution in [0.5, 0.6) is 0 Å². The van der Waals surface area contributed by atoms with Crippen molar-refractivity contribution in [3.8, 4) is 0 Å². The highest BCUT2D eigenvalue weighted by atomic mass is 32.2. The summed E-state index contributed by atoms with van der Waals surface area (Å²) < 4.78 is 0. The smallest absolute Gasteiger partial charge is 0.271 e. The van der Waals surface area contributed by atoms with Gasteiger partial charge in [-0.2, -0.15) is 0 Å². The largest absolute Gasteiger partial charge is 0.398 e. The van der Waals surface area contributed by atoms with E-state index in [4.69, 9.17) is 5.73 Å². The van der Waals surface area contributed by atoms with Gasteiger partial charge in [0, 0.05) is 21.9 Å². The molecule has 0 aliphatic rings. The zero-order valence-electron chi connectivity index (χ0n) is 11.4. The molecule has 2 N–H and O–H groups in total. The van der Waals surface area contributed by atoms with Crippen LogP contribution in [0.2, 0.25) is 0 Å². The molecule has 0 radical (unpaired) electrons. The third-order valence-corrected chi connectivity index (χ3v) is 4.08. The Morgan fingerprint density at radius 3 is 2.30 bits per heavy atom. The predicted molar refractivity (Wildman–Crippen MR) is 82.2 cm³/mol. The third kappa shape index (κ3) is 3.30. The van der Waals surface area contributed by atoms with E-state index in [9.17, 15) is 10.1 Å². The minimum Gasteiger partial charge on any atom is -0.398 e. The highest BCUT2D eigenvalue weighted by Crippen LogP contribution is 2.34. The van der Waals surface area contributed by atoms with Crippen LogP contribution in [0.15, 0.2) is 52.3 Å². The van der Waals surface area contributed by atoms with E-state index in [0.717, 1.165) is 9.79 Å². The lowest BCUT2D eigenvalue weighted by Crippen LogP contribution is -1.93. The molecule has 0 aromatic heterocycles. The van der Waals surface area contributed by atoms with E-state index in [1.165, 1.54) is 29.5 Å². The average molecular weight is 288 g/mol. The molecular formula is C15H16N2O2S. The first-order valence-electron chi connectivity index (χ1n) is 6.29. The number of rotatable bonds is 4. The fraction of sp³-hybridized carbons (Fsp3) is 0.200. The first kappa shape index (κ1) is 14.4. The molecule has 0 aliphatic carbocycles. The summed E-state index contributed by atoms with van der Waals surface area (Å²) >= 11 is 1.51. The normalized spacial score (nSPS) is 10.8. The second-order valence-corrected chi connectivity index (χ2v) is 5.92. The van der Waals surface area contributed by atoms with Crippen molar-refractivity contribution in [3.05, 3.63) is 58.1 Å². The highest BCUT2D eigenvalue weighted by Gasteiger charge is 2.09. The monoisotopic (exact) mass is 288 g/mol. The number of nitro groups is 1. The lowest BCUT2D eigenvalue weighted by Gasteiger charge is -2.08. The molecule has 0 unspecified atom stereocenters. The van der Waals surface area contributed by atoms with Gasteiger partial charge < -0.3 is 5.73 Å². The van der Waals surface area contributed by atoms with Crippen molar-refractivity contribution in [1.29, 1.82) is 0 Å². The van der Waals surface area contributed by atoms with E-state index in [0.29, 0.717) is 11.6 Å². The molecule has 2 aromatic rings. The van der Waals surface area contributed by atoms with Crippen molar-refractivity contribution < 1.29 is 4.92 Å². The average Bonchev–Trinajstić information content (AvgIpc) is 2.41. The van der Waals surface area contributed by atoms with Crippen LogP contribution in [-0.2, 0) is 0 Å². The summed E-state index contributed by atoms with van der Waals surface area (Å²) in [6.45, 7) is 4.30. The molecule has 0 bridgehead atoms. The van der Waals surface area contributed by atoms with Crippen LogP contribution in [0.1, 0.15) is 25.3 Å². The van der Waals surface area contributed by atoms with Crippen molar-refractivity contribution in [2.24, 2.45) is 0 Å². The highest BCUT2D eigenvalue weighted by molar-refractivity contribution is 7.99. The Bertz CT molecular complexity index is 624. The second-order valence-electron chi connectivity index (χ2n) is 4.81. The van der Waals surface area contributed by atoms with Crippen molar-refractivity contribution in [2.45, 2.75) is 29.6 Å². The number of nitrogens with two attached hydrogens (primary N) is 1.